The van der Waals surface area contributed by atoms with Crippen LogP contribution in [-0.2, 0) is 11.2 Å². The van der Waals surface area contributed by atoms with Gasteiger partial charge < -0.3 is 4.90 Å². The zero-order chi connectivity index (χ0) is 13.1. The summed E-state index contributed by atoms with van der Waals surface area (Å²) >= 11 is 2.34. The molecular weight excluding hydrogens is 337 g/mol. The average molecular weight is 357 g/mol. The van der Waals surface area contributed by atoms with Gasteiger partial charge in [0.2, 0.25) is 5.91 Å². The molecule has 0 spiro atoms. The summed E-state index contributed by atoms with van der Waals surface area (Å²) in [6.07, 6.45) is 3.75. The van der Waals surface area contributed by atoms with Gasteiger partial charge in [-0.25, -0.2) is 0 Å². The first-order valence-electron chi connectivity index (χ1n) is 6.66. The van der Waals surface area contributed by atoms with Gasteiger partial charge in [0.1, 0.15) is 0 Å². The number of amides is 1. The van der Waals surface area contributed by atoms with E-state index in [9.17, 15) is 4.79 Å². The molecule has 0 aliphatic carbocycles. The van der Waals surface area contributed by atoms with Gasteiger partial charge in [-0.3, -0.25) is 4.79 Å². The Morgan fingerprint density at radius 2 is 2.11 bits per heavy atom. The van der Waals surface area contributed by atoms with E-state index in [1.165, 1.54) is 9.13 Å². The Morgan fingerprint density at radius 3 is 2.83 bits per heavy atom. The molecule has 1 heterocycles. The van der Waals surface area contributed by atoms with Crippen molar-refractivity contribution in [1.29, 1.82) is 0 Å². The molecule has 0 bridgehead atoms. The smallest absolute Gasteiger partial charge is 0.226 e. The Hall–Kier alpha value is -0.580. The molecule has 0 N–H and O–H groups in total. The molecule has 0 aromatic heterocycles. The van der Waals surface area contributed by atoms with Crippen LogP contribution >= 0.6 is 22.6 Å². The fourth-order valence-corrected chi connectivity index (χ4v) is 2.91. The number of rotatable bonds is 3. The Bertz CT molecular complexity index is 442. The van der Waals surface area contributed by atoms with Gasteiger partial charge >= 0.3 is 0 Å². The number of anilines is 1. The fraction of sp³-hybridized carbons (Fsp3) is 0.533. The first kappa shape index (κ1) is 13.8. The number of hydrogen-bond acceptors (Lipinski definition) is 1. The quantitative estimate of drug-likeness (QED) is 0.749. The van der Waals surface area contributed by atoms with E-state index in [0.29, 0.717) is 12.3 Å². The highest BCUT2D eigenvalue weighted by molar-refractivity contribution is 14.1. The number of aryl methyl sites for hydroxylation is 1. The lowest BCUT2D eigenvalue weighted by atomic mass is 10.1. The molecule has 1 amide bonds. The maximum Gasteiger partial charge on any atom is 0.226 e. The molecule has 3 heteroatoms. The standard InChI is InChI=1S/C15H20INO/c1-11(2)8-9-17-14-7-6-13(16)10-12(14)4-3-5-15(17)18/h6-7,10-11H,3-5,8-9H2,1-2H3. The molecule has 0 saturated heterocycles. The van der Waals surface area contributed by atoms with Crippen molar-refractivity contribution in [3.8, 4) is 0 Å². The lowest BCUT2D eigenvalue weighted by Gasteiger charge is -2.24. The predicted octanol–water partition coefficient (Wildman–Crippen LogP) is 4.01. The number of carbonyl (C=O) groups excluding carboxylic acids is 1. The number of hydrogen-bond donors (Lipinski definition) is 0. The topological polar surface area (TPSA) is 20.3 Å². The van der Waals surface area contributed by atoms with E-state index in [0.717, 1.165) is 31.5 Å². The van der Waals surface area contributed by atoms with E-state index in [2.05, 4.69) is 54.6 Å². The first-order chi connectivity index (χ1) is 8.58. The van der Waals surface area contributed by atoms with Crippen LogP contribution in [-0.4, -0.2) is 12.5 Å². The molecule has 0 radical (unpaired) electrons. The minimum atomic E-state index is 0.288. The molecule has 0 atom stereocenters. The largest absolute Gasteiger partial charge is 0.312 e. The lowest BCUT2D eigenvalue weighted by Crippen LogP contribution is -2.31. The Kier molecular flexibility index (Phi) is 4.65. The van der Waals surface area contributed by atoms with Crippen LogP contribution in [0.1, 0.15) is 38.7 Å². The van der Waals surface area contributed by atoms with Crippen LogP contribution in [0.3, 0.4) is 0 Å². The zero-order valence-electron chi connectivity index (χ0n) is 11.1. The van der Waals surface area contributed by atoms with Crippen molar-refractivity contribution in [2.24, 2.45) is 5.92 Å². The van der Waals surface area contributed by atoms with Crippen LogP contribution in [0.4, 0.5) is 5.69 Å². The molecule has 1 aromatic carbocycles. The van der Waals surface area contributed by atoms with E-state index in [-0.39, 0.29) is 5.91 Å². The molecular formula is C15H20INO. The summed E-state index contributed by atoms with van der Waals surface area (Å²) in [4.78, 5) is 14.2. The Labute approximate surface area is 123 Å². The van der Waals surface area contributed by atoms with Gasteiger partial charge in [-0.05, 0) is 71.5 Å². The second-order valence-electron chi connectivity index (χ2n) is 5.35. The number of halogens is 1. The van der Waals surface area contributed by atoms with Crippen molar-refractivity contribution < 1.29 is 4.79 Å². The summed E-state index contributed by atoms with van der Waals surface area (Å²) in [5.41, 5.74) is 2.47. The van der Waals surface area contributed by atoms with Gasteiger partial charge in [0.05, 0.1) is 0 Å². The number of fused-ring (bicyclic) bond motifs is 1. The van der Waals surface area contributed by atoms with Crippen LogP contribution in [0.2, 0.25) is 0 Å². The highest BCUT2D eigenvalue weighted by Crippen LogP contribution is 2.29. The van der Waals surface area contributed by atoms with Crippen LogP contribution < -0.4 is 4.90 Å². The van der Waals surface area contributed by atoms with E-state index in [1.54, 1.807) is 0 Å². The van der Waals surface area contributed by atoms with Gasteiger partial charge in [0, 0.05) is 22.2 Å². The average Bonchev–Trinajstić information content (AvgIpc) is 2.45. The van der Waals surface area contributed by atoms with Gasteiger partial charge in [-0.2, -0.15) is 0 Å². The summed E-state index contributed by atoms with van der Waals surface area (Å²) in [7, 11) is 0. The van der Waals surface area contributed by atoms with Crippen LogP contribution in [0, 0.1) is 9.49 Å². The summed E-state index contributed by atoms with van der Waals surface area (Å²) in [5, 5.41) is 0. The number of benzene rings is 1. The molecule has 2 nitrogen and oxygen atoms in total. The summed E-state index contributed by atoms with van der Waals surface area (Å²) in [5.74, 6) is 0.920. The lowest BCUT2D eigenvalue weighted by molar-refractivity contribution is -0.118. The molecule has 0 fully saturated rings. The third kappa shape index (κ3) is 3.25. The summed E-state index contributed by atoms with van der Waals surface area (Å²) in [6.45, 7) is 5.26. The zero-order valence-corrected chi connectivity index (χ0v) is 13.2. The van der Waals surface area contributed by atoms with Gasteiger partial charge in [-0.1, -0.05) is 13.8 Å². The number of nitrogens with zero attached hydrogens (tertiary/aromatic N) is 1. The molecule has 0 saturated carbocycles. The Morgan fingerprint density at radius 1 is 1.33 bits per heavy atom. The maximum atomic E-state index is 12.2. The van der Waals surface area contributed by atoms with Crippen LogP contribution in [0.25, 0.3) is 0 Å². The molecule has 2 rings (SSSR count). The van der Waals surface area contributed by atoms with Crippen molar-refractivity contribution >= 4 is 34.2 Å². The molecule has 18 heavy (non-hydrogen) atoms. The SMILES string of the molecule is CC(C)CCN1C(=O)CCCc2cc(I)ccc21. The minimum absolute atomic E-state index is 0.288. The molecule has 98 valence electrons. The monoisotopic (exact) mass is 357 g/mol. The molecule has 0 unspecified atom stereocenters. The molecule has 1 aliphatic rings. The Balaban J connectivity index is 2.28. The van der Waals surface area contributed by atoms with Crippen LogP contribution in [0.15, 0.2) is 18.2 Å². The van der Waals surface area contributed by atoms with Gasteiger partial charge in [-0.15, -0.1) is 0 Å². The highest BCUT2D eigenvalue weighted by atomic mass is 127. The van der Waals surface area contributed by atoms with E-state index >= 15 is 0 Å². The molecule has 1 aliphatic heterocycles. The second kappa shape index (κ2) is 6.04. The molecule has 1 aromatic rings. The van der Waals surface area contributed by atoms with E-state index in [1.807, 2.05) is 4.90 Å². The maximum absolute atomic E-state index is 12.2. The van der Waals surface area contributed by atoms with Crippen molar-refractivity contribution in [3.63, 3.8) is 0 Å². The van der Waals surface area contributed by atoms with Gasteiger partial charge in [0.15, 0.2) is 0 Å². The summed E-state index contributed by atoms with van der Waals surface area (Å²) < 4.78 is 1.25. The fourth-order valence-electron chi connectivity index (χ4n) is 2.35. The summed E-state index contributed by atoms with van der Waals surface area (Å²) in [6, 6.07) is 6.43. The third-order valence-electron chi connectivity index (χ3n) is 3.40. The van der Waals surface area contributed by atoms with E-state index in [4.69, 9.17) is 0 Å². The van der Waals surface area contributed by atoms with E-state index < -0.39 is 0 Å². The predicted molar refractivity (Wildman–Crippen MR) is 83.9 cm³/mol. The van der Waals surface area contributed by atoms with Crippen LogP contribution in [0.5, 0.6) is 0 Å². The minimum Gasteiger partial charge on any atom is -0.312 e. The van der Waals surface area contributed by atoms with Crippen molar-refractivity contribution in [2.75, 3.05) is 11.4 Å². The normalized spacial score (nSPS) is 15.8. The van der Waals surface area contributed by atoms with Crippen molar-refractivity contribution in [2.45, 2.75) is 39.5 Å². The number of carbonyl (C=O) groups is 1. The first-order valence-corrected chi connectivity index (χ1v) is 7.74. The van der Waals surface area contributed by atoms with Crippen molar-refractivity contribution in [3.05, 3.63) is 27.3 Å². The van der Waals surface area contributed by atoms with Gasteiger partial charge in [0.25, 0.3) is 0 Å². The highest BCUT2D eigenvalue weighted by Gasteiger charge is 2.22. The van der Waals surface area contributed by atoms with Crippen molar-refractivity contribution in [1.82, 2.24) is 0 Å². The third-order valence-corrected chi connectivity index (χ3v) is 4.07. The second-order valence-corrected chi connectivity index (χ2v) is 6.60.